The fraction of sp³-hybridized carbons (Fsp3) is 0.214. The molecule has 0 radical (unpaired) electrons. The Morgan fingerprint density at radius 3 is 2.53 bits per heavy atom. The van der Waals surface area contributed by atoms with Gasteiger partial charge in [0.1, 0.15) is 11.0 Å². The lowest BCUT2D eigenvalue weighted by molar-refractivity contribution is -0.115. The van der Waals surface area contributed by atoms with Gasteiger partial charge in [0, 0.05) is 5.69 Å². The molecule has 2 rings (SSSR count). The molecular weight excluding hydrogens is 262 g/mol. The fourth-order valence-electron chi connectivity index (χ4n) is 1.64. The molecule has 0 aliphatic heterocycles. The first-order valence-corrected chi connectivity index (χ1v) is 7.11. The zero-order valence-corrected chi connectivity index (χ0v) is 11.6. The van der Waals surface area contributed by atoms with Crippen molar-refractivity contribution < 1.29 is 13.4 Å². The average Bonchev–Trinajstić information content (AvgIpc) is 2.84. The molecule has 2 unspecified atom stereocenters. The summed E-state index contributed by atoms with van der Waals surface area (Å²) < 4.78 is 17.4. The SMILES string of the molecule is Cc1occc1S(=O)C(C)C(=O)Nc1ccccc1. The number of furan rings is 1. The average molecular weight is 277 g/mol. The third-order valence-corrected chi connectivity index (χ3v) is 4.47. The molecule has 1 heterocycles. The van der Waals surface area contributed by atoms with Gasteiger partial charge in [-0.1, -0.05) is 18.2 Å². The molecule has 1 aromatic carbocycles. The number of hydrogen-bond acceptors (Lipinski definition) is 3. The van der Waals surface area contributed by atoms with E-state index in [0.29, 0.717) is 16.3 Å². The summed E-state index contributed by atoms with van der Waals surface area (Å²) in [5.41, 5.74) is 0.695. The zero-order chi connectivity index (χ0) is 13.8. The summed E-state index contributed by atoms with van der Waals surface area (Å²) in [6.07, 6.45) is 1.48. The Labute approximate surface area is 114 Å². The Bertz CT molecular complexity index is 592. The maximum absolute atomic E-state index is 12.2. The van der Waals surface area contributed by atoms with Crippen molar-refractivity contribution in [3.05, 3.63) is 48.4 Å². The van der Waals surface area contributed by atoms with Crippen LogP contribution in [-0.4, -0.2) is 15.4 Å². The number of carbonyl (C=O) groups is 1. The standard InChI is InChI=1S/C14H15NO3S/c1-10-13(8-9-18-10)19(17)11(2)14(16)15-12-6-4-3-5-7-12/h3-9,11H,1-2H3,(H,15,16). The highest BCUT2D eigenvalue weighted by atomic mass is 32.2. The van der Waals surface area contributed by atoms with E-state index in [1.165, 1.54) is 6.26 Å². The summed E-state index contributed by atoms with van der Waals surface area (Å²) in [5, 5.41) is 2.10. The molecule has 5 heteroatoms. The van der Waals surface area contributed by atoms with E-state index in [-0.39, 0.29) is 5.91 Å². The molecule has 1 N–H and O–H groups in total. The summed E-state index contributed by atoms with van der Waals surface area (Å²) in [6, 6.07) is 10.7. The zero-order valence-electron chi connectivity index (χ0n) is 10.8. The second kappa shape index (κ2) is 5.84. The topological polar surface area (TPSA) is 59.3 Å². The number of carbonyl (C=O) groups excluding carboxylic acids is 1. The molecule has 0 spiro atoms. The second-order valence-electron chi connectivity index (χ2n) is 4.14. The van der Waals surface area contributed by atoms with Gasteiger partial charge in [0.05, 0.1) is 22.0 Å². The molecule has 0 bridgehead atoms. The lowest BCUT2D eigenvalue weighted by atomic mass is 10.3. The Kier molecular flexibility index (Phi) is 4.16. The van der Waals surface area contributed by atoms with Crippen LogP contribution >= 0.6 is 0 Å². The van der Waals surface area contributed by atoms with Gasteiger partial charge in [0.15, 0.2) is 0 Å². The van der Waals surface area contributed by atoms with Gasteiger partial charge in [-0.2, -0.15) is 0 Å². The van der Waals surface area contributed by atoms with Crippen LogP contribution in [0, 0.1) is 6.92 Å². The first-order chi connectivity index (χ1) is 9.09. The third-order valence-electron chi connectivity index (χ3n) is 2.76. The maximum atomic E-state index is 12.2. The summed E-state index contributed by atoms with van der Waals surface area (Å²) in [7, 11) is -1.42. The highest BCUT2D eigenvalue weighted by Gasteiger charge is 2.23. The number of anilines is 1. The Morgan fingerprint density at radius 2 is 1.95 bits per heavy atom. The number of hydrogen-bond donors (Lipinski definition) is 1. The Hall–Kier alpha value is -1.88. The van der Waals surface area contributed by atoms with E-state index in [4.69, 9.17) is 4.42 Å². The summed E-state index contributed by atoms with van der Waals surface area (Å²) >= 11 is 0. The Balaban J connectivity index is 2.08. The predicted octanol–water partition coefficient (Wildman–Crippen LogP) is 2.72. The molecule has 0 aliphatic carbocycles. The summed E-state index contributed by atoms with van der Waals surface area (Å²) in [6.45, 7) is 3.37. The van der Waals surface area contributed by atoms with Crippen LogP contribution in [0.15, 0.2) is 52.0 Å². The predicted molar refractivity (Wildman–Crippen MR) is 74.4 cm³/mol. The van der Waals surface area contributed by atoms with Crippen LogP contribution in [0.4, 0.5) is 5.69 Å². The number of benzene rings is 1. The van der Waals surface area contributed by atoms with Crippen LogP contribution in [0.3, 0.4) is 0 Å². The highest BCUT2D eigenvalue weighted by molar-refractivity contribution is 7.86. The van der Waals surface area contributed by atoms with Crippen LogP contribution in [0.2, 0.25) is 0 Å². The van der Waals surface area contributed by atoms with Gasteiger partial charge >= 0.3 is 0 Å². The monoisotopic (exact) mass is 277 g/mol. The van der Waals surface area contributed by atoms with Crippen LogP contribution in [0.25, 0.3) is 0 Å². The summed E-state index contributed by atoms with van der Waals surface area (Å²) in [5.74, 6) is 0.308. The van der Waals surface area contributed by atoms with Crippen LogP contribution < -0.4 is 5.32 Å². The molecule has 19 heavy (non-hydrogen) atoms. The van der Waals surface area contributed by atoms with Crippen molar-refractivity contribution in [1.29, 1.82) is 0 Å². The second-order valence-corrected chi connectivity index (χ2v) is 5.88. The van der Waals surface area contributed by atoms with Crippen molar-refractivity contribution in [3.63, 3.8) is 0 Å². The minimum Gasteiger partial charge on any atom is -0.468 e. The molecule has 0 saturated carbocycles. The number of rotatable bonds is 4. The van der Waals surface area contributed by atoms with Crippen molar-refractivity contribution in [3.8, 4) is 0 Å². The molecule has 1 amide bonds. The van der Waals surface area contributed by atoms with E-state index in [9.17, 15) is 9.00 Å². The van der Waals surface area contributed by atoms with Crippen LogP contribution in [0.5, 0.6) is 0 Å². The highest BCUT2D eigenvalue weighted by Crippen LogP contribution is 2.18. The van der Waals surface area contributed by atoms with Crippen molar-refractivity contribution in [1.82, 2.24) is 0 Å². The van der Waals surface area contributed by atoms with E-state index < -0.39 is 16.0 Å². The van der Waals surface area contributed by atoms with Crippen molar-refractivity contribution >= 4 is 22.4 Å². The number of para-hydroxylation sites is 1. The number of amides is 1. The van der Waals surface area contributed by atoms with Crippen molar-refractivity contribution in [2.75, 3.05) is 5.32 Å². The fourth-order valence-corrected chi connectivity index (χ4v) is 2.79. The Morgan fingerprint density at radius 1 is 1.26 bits per heavy atom. The van der Waals surface area contributed by atoms with E-state index >= 15 is 0 Å². The molecule has 4 nitrogen and oxygen atoms in total. The normalized spacial score (nSPS) is 13.8. The van der Waals surface area contributed by atoms with Crippen molar-refractivity contribution in [2.45, 2.75) is 24.0 Å². The lowest BCUT2D eigenvalue weighted by Crippen LogP contribution is -2.29. The molecule has 2 aromatic rings. The first-order valence-electron chi connectivity index (χ1n) is 5.90. The first kappa shape index (κ1) is 13.5. The molecule has 0 fully saturated rings. The molecular formula is C14H15NO3S. The van der Waals surface area contributed by atoms with Gasteiger partial charge in [-0.15, -0.1) is 0 Å². The summed E-state index contributed by atoms with van der Waals surface area (Å²) in [4.78, 5) is 12.6. The number of aryl methyl sites for hydroxylation is 1. The molecule has 2 atom stereocenters. The van der Waals surface area contributed by atoms with Gasteiger partial charge in [0.25, 0.3) is 0 Å². The quantitative estimate of drug-likeness (QED) is 0.934. The van der Waals surface area contributed by atoms with Crippen LogP contribution in [-0.2, 0) is 15.6 Å². The molecule has 100 valence electrons. The van der Waals surface area contributed by atoms with Gasteiger partial charge in [0.2, 0.25) is 5.91 Å². The molecule has 0 saturated heterocycles. The van der Waals surface area contributed by atoms with E-state index in [2.05, 4.69) is 5.32 Å². The largest absolute Gasteiger partial charge is 0.468 e. The lowest BCUT2D eigenvalue weighted by Gasteiger charge is -2.11. The minimum atomic E-state index is -1.42. The van der Waals surface area contributed by atoms with Crippen LogP contribution in [0.1, 0.15) is 12.7 Å². The van der Waals surface area contributed by atoms with Gasteiger partial charge in [-0.25, -0.2) is 0 Å². The van der Waals surface area contributed by atoms with Gasteiger partial charge < -0.3 is 9.73 Å². The maximum Gasteiger partial charge on any atom is 0.240 e. The third kappa shape index (κ3) is 3.12. The van der Waals surface area contributed by atoms with Gasteiger partial charge in [-0.05, 0) is 32.0 Å². The van der Waals surface area contributed by atoms with Crippen molar-refractivity contribution in [2.24, 2.45) is 0 Å². The molecule has 0 aliphatic rings. The molecule has 1 aromatic heterocycles. The van der Waals surface area contributed by atoms with E-state index in [1.807, 2.05) is 18.2 Å². The smallest absolute Gasteiger partial charge is 0.240 e. The van der Waals surface area contributed by atoms with E-state index in [0.717, 1.165) is 0 Å². The van der Waals surface area contributed by atoms with Gasteiger partial charge in [-0.3, -0.25) is 9.00 Å². The minimum absolute atomic E-state index is 0.273. The number of nitrogens with one attached hydrogen (secondary N) is 1. The van der Waals surface area contributed by atoms with E-state index in [1.54, 1.807) is 32.0 Å².